The monoisotopic (exact) mass is 385 g/mol. The Morgan fingerprint density at radius 1 is 1.04 bits per heavy atom. The zero-order valence-electron chi connectivity index (χ0n) is 16.6. The van der Waals surface area contributed by atoms with Crippen LogP contribution in [0.4, 0.5) is 0 Å². The van der Waals surface area contributed by atoms with Crippen LogP contribution in [0.3, 0.4) is 0 Å². The lowest BCUT2D eigenvalue weighted by molar-refractivity contribution is 0.0368. The van der Waals surface area contributed by atoms with Crippen molar-refractivity contribution < 1.29 is 14.2 Å². The van der Waals surface area contributed by atoms with Gasteiger partial charge in [-0.2, -0.15) is 0 Å². The minimum Gasteiger partial charge on any atom is -0.494 e. The van der Waals surface area contributed by atoms with E-state index in [1.165, 1.54) is 0 Å². The molecule has 0 spiro atoms. The Hall–Kier alpha value is -1.89. The molecule has 0 atom stereocenters. The lowest BCUT2D eigenvalue weighted by atomic mass is 10.1. The van der Waals surface area contributed by atoms with Crippen molar-refractivity contribution in [2.45, 2.75) is 31.7 Å². The molecule has 0 bridgehead atoms. The van der Waals surface area contributed by atoms with E-state index in [0.717, 1.165) is 95.5 Å². The second kappa shape index (κ2) is 10.0. The fourth-order valence-corrected chi connectivity index (χ4v) is 3.97. The highest BCUT2D eigenvalue weighted by molar-refractivity contribution is 5.58. The Kier molecular flexibility index (Phi) is 6.97. The summed E-state index contributed by atoms with van der Waals surface area (Å²) >= 11 is 0. The van der Waals surface area contributed by atoms with E-state index >= 15 is 0 Å². The van der Waals surface area contributed by atoms with Crippen molar-refractivity contribution in [3.05, 3.63) is 36.7 Å². The van der Waals surface area contributed by atoms with Gasteiger partial charge in [-0.15, -0.1) is 0 Å². The lowest BCUT2D eigenvalue weighted by Crippen LogP contribution is -2.36. The van der Waals surface area contributed by atoms with Gasteiger partial charge in [0.1, 0.15) is 11.6 Å². The van der Waals surface area contributed by atoms with Crippen LogP contribution in [-0.4, -0.2) is 67.1 Å². The highest BCUT2D eigenvalue weighted by Gasteiger charge is 2.19. The van der Waals surface area contributed by atoms with Gasteiger partial charge in [-0.3, -0.25) is 4.90 Å². The first kappa shape index (κ1) is 19.4. The maximum absolute atomic E-state index is 6.02. The molecule has 2 aliphatic rings. The minimum absolute atomic E-state index is 0.469. The average Bonchev–Trinajstić information content (AvgIpc) is 3.25. The number of imidazole rings is 1. The molecule has 2 aliphatic heterocycles. The number of rotatable bonds is 8. The maximum atomic E-state index is 6.02. The van der Waals surface area contributed by atoms with Crippen LogP contribution < -0.4 is 4.74 Å². The average molecular weight is 386 g/mol. The Morgan fingerprint density at radius 2 is 1.86 bits per heavy atom. The number of hydrogen-bond acceptors (Lipinski definition) is 5. The van der Waals surface area contributed by atoms with Gasteiger partial charge in [0.15, 0.2) is 0 Å². The molecular formula is C22H31N3O3. The predicted molar refractivity (Wildman–Crippen MR) is 109 cm³/mol. The van der Waals surface area contributed by atoms with Crippen LogP contribution in [0.2, 0.25) is 0 Å². The van der Waals surface area contributed by atoms with Crippen LogP contribution in [0, 0.1) is 0 Å². The van der Waals surface area contributed by atoms with E-state index in [0.29, 0.717) is 6.04 Å². The first-order valence-corrected chi connectivity index (χ1v) is 10.5. The Bertz CT molecular complexity index is 721. The number of unbranched alkanes of at least 4 members (excludes halogenated alkanes) is 1. The molecular weight excluding hydrogens is 354 g/mol. The molecule has 4 rings (SSSR count). The molecule has 0 saturated carbocycles. The van der Waals surface area contributed by atoms with Crippen molar-refractivity contribution in [2.75, 3.05) is 52.7 Å². The summed E-state index contributed by atoms with van der Waals surface area (Å²) in [6, 6.07) is 8.79. The SMILES string of the molecule is c1cc(OCCCCN2CCOCC2)cc(-c2nccn2C2CCOCC2)c1. The molecule has 6 nitrogen and oxygen atoms in total. The van der Waals surface area contributed by atoms with Crippen molar-refractivity contribution in [1.82, 2.24) is 14.5 Å². The quantitative estimate of drug-likeness (QED) is 0.652. The van der Waals surface area contributed by atoms with Crippen LogP contribution in [0.25, 0.3) is 11.4 Å². The maximum Gasteiger partial charge on any atom is 0.140 e. The predicted octanol–water partition coefficient (Wildman–Crippen LogP) is 3.39. The van der Waals surface area contributed by atoms with E-state index < -0.39 is 0 Å². The normalized spacial score (nSPS) is 19.0. The van der Waals surface area contributed by atoms with Crippen LogP contribution in [0.15, 0.2) is 36.7 Å². The van der Waals surface area contributed by atoms with Crippen molar-refractivity contribution in [3.63, 3.8) is 0 Å². The Labute approximate surface area is 167 Å². The zero-order chi connectivity index (χ0) is 19.0. The van der Waals surface area contributed by atoms with Gasteiger partial charge in [0.05, 0.1) is 19.8 Å². The Morgan fingerprint density at radius 3 is 2.71 bits per heavy atom. The molecule has 152 valence electrons. The number of morpholine rings is 1. The van der Waals surface area contributed by atoms with Crippen molar-refractivity contribution in [3.8, 4) is 17.1 Å². The lowest BCUT2D eigenvalue weighted by Gasteiger charge is -2.26. The summed E-state index contributed by atoms with van der Waals surface area (Å²) in [6.07, 6.45) is 8.30. The van der Waals surface area contributed by atoms with Gasteiger partial charge >= 0.3 is 0 Å². The number of aromatic nitrogens is 2. The third-order valence-electron chi connectivity index (χ3n) is 5.59. The fraction of sp³-hybridized carbons (Fsp3) is 0.591. The first-order valence-electron chi connectivity index (χ1n) is 10.5. The van der Waals surface area contributed by atoms with E-state index in [1.807, 2.05) is 12.3 Å². The van der Waals surface area contributed by atoms with Crippen LogP contribution in [0.5, 0.6) is 5.75 Å². The van der Waals surface area contributed by atoms with Gasteiger partial charge in [-0.1, -0.05) is 12.1 Å². The highest BCUT2D eigenvalue weighted by Crippen LogP contribution is 2.29. The van der Waals surface area contributed by atoms with Gasteiger partial charge < -0.3 is 18.8 Å². The molecule has 0 unspecified atom stereocenters. The number of hydrogen-bond donors (Lipinski definition) is 0. The summed E-state index contributed by atoms with van der Waals surface area (Å²) in [4.78, 5) is 7.09. The molecule has 1 aromatic carbocycles. The number of ether oxygens (including phenoxy) is 3. The van der Waals surface area contributed by atoms with E-state index in [2.05, 4.69) is 38.8 Å². The third kappa shape index (κ3) is 5.13. The minimum atomic E-state index is 0.469. The van der Waals surface area contributed by atoms with E-state index in [-0.39, 0.29) is 0 Å². The van der Waals surface area contributed by atoms with E-state index in [1.54, 1.807) is 0 Å². The standard InChI is InChI=1S/C22H31N3O3/c1(9-24-11-16-27-17-12-24)2-13-28-21-5-3-4-19(18-21)22-23-8-10-25(22)20-6-14-26-15-7-20/h3-5,8,10,18,20H,1-2,6-7,9,11-17H2. The molecule has 2 saturated heterocycles. The highest BCUT2D eigenvalue weighted by atomic mass is 16.5. The van der Waals surface area contributed by atoms with Gasteiger partial charge in [-0.25, -0.2) is 4.98 Å². The van der Waals surface area contributed by atoms with Gasteiger partial charge in [-0.05, 0) is 44.4 Å². The van der Waals surface area contributed by atoms with E-state index in [4.69, 9.17) is 14.2 Å². The summed E-state index contributed by atoms with van der Waals surface area (Å²) in [5, 5.41) is 0. The van der Waals surface area contributed by atoms with Gasteiger partial charge in [0.25, 0.3) is 0 Å². The smallest absolute Gasteiger partial charge is 0.140 e. The summed E-state index contributed by atoms with van der Waals surface area (Å²) in [7, 11) is 0. The molecule has 0 amide bonds. The van der Waals surface area contributed by atoms with Crippen LogP contribution in [-0.2, 0) is 9.47 Å². The van der Waals surface area contributed by atoms with Gasteiger partial charge in [0.2, 0.25) is 0 Å². The fourth-order valence-electron chi connectivity index (χ4n) is 3.97. The third-order valence-corrected chi connectivity index (χ3v) is 5.59. The van der Waals surface area contributed by atoms with E-state index in [9.17, 15) is 0 Å². The zero-order valence-corrected chi connectivity index (χ0v) is 16.6. The molecule has 3 heterocycles. The van der Waals surface area contributed by atoms with Crippen molar-refractivity contribution >= 4 is 0 Å². The second-order valence-corrected chi connectivity index (χ2v) is 7.54. The molecule has 0 N–H and O–H groups in total. The summed E-state index contributed by atoms with van der Waals surface area (Å²) in [6.45, 7) is 7.40. The Balaban J connectivity index is 1.29. The number of nitrogens with zero attached hydrogens (tertiary/aromatic N) is 3. The topological polar surface area (TPSA) is 48.8 Å². The molecule has 1 aromatic heterocycles. The molecule has 0 radical (unpaired) electrons. The molecule has 6 heteroatoms. The molecule has 28 heavy (non-hydrogen) atoms. The summed E-state index contributed by atoms with van der Waals surface area (Å²) < 4.78 is 19.2. The number of benzene rings is 1. The first-order chi connectivity index (χ1) is 13.9. The summed E-state index contributed by atoms with van der Waals surface area (Å²) in [5.74, 6) is 1.94. The molecule has 2 fully saturated rings. The van der Waals surface area contributed by atoms with Crippen molar-refractivity contribution in [1.29, 1.82) is 0 Å². The van der Waals surface area contributed by atoms with Gasteiger partial charge in [0, 0.05) is 50.3 Å². The summed E-state index contributed by atoms with van der Waals surface area (Å²) in [5.41, 5.74) is 1.11. The largest absolute Gasteiger partial charge is 0.494 e. The molecule has 2 aromatic rings. The van der Waals surface area contributed by atoms with Crippen LogP contribution >= 0.6 is 0 Å². The molecule has 0 aliphatic carbocycles. The van der Waals surface area contributed by atoms with Crippen LogP contribution in [0.1, 0.15) is 31.7 Å². The second-order valence-electron chi connectivity index (χ2n) is 7.54. The van der Waals surface area contributed by atoms with Crippen molar-refractivity contribution in [2.24, 2.45) is 0 Å².